The Hall–Kier alpha value is -2.53. The van der Waals surface area contributed by atoms with E-state index in [1.807, 2.05) is 49.4 Å². The van der Waals surface area contributed by atoms with E-state index in [4.69, 9.17) is 0 Å². The maximum absolute atomic E-state index is 13.0. The van der Waals surface area contributed by atoms with Crippen molar-refractivity contribution < 1.29 is 9.59 Å². The first-order valence-corrected chi connectivity index (χ1v) is 11.4. The molecule has 2 aromatic rings. The van der Waals surface area contributed by atoms with Crippen LogP contribution in [0.4, 0.5) is 5.69 Å². The fourth-order valence-electron chi connectivity index (χ4n) is 4.23. The lowest BCUT2D eigenvalue weighted by Crippen LogP contribution is -2.41. The van der Waals surface area contributed by atoms with Crippen molar-refractivity contribution in [2.75, 3.05) is 11.9 Å². The van der Waals surface area contributed by atoms with E-state index in [9.17, 15) is 9.59 Å². The first-order valence-electron chi connectivity index (χ1n) is 10.6. The zero-order valence-corrected chi connectivity index (χ0v) is 18.6. The summed E-state index contributed by atoms with van der Waals surface area (Å²) in [4.78, 5) is 29.1. The molecule has 1 aliphatic heterocycles. The molecular weight excluding hydrogens is 392 g/mol. The SMILES string of the molecule is Cc1cccc(/C=C2\Sc3ccc(C(=O)N[C@@H]4CCCC[C@H]4C)cc3N(C)C2=O)c1. The van der Waals surface area contributed by atoms with Crippen molar-refractivity contribution in [1.82, 2.24) is 5.32 Å². The molecule has 0 bridgehead atoms. The molecule has 1 heterocycles. The van der Waals surface area contributed by atoms with Gasteiger partial charge in [0.2, 0.25) is 0 Å². The van der Waals surface area contributed by atoms with E-state index in [0.717, 1.165) is 28.1 Å². The van der Waals surface area contributed by atoms with Gasteiger partial charge in [0.1, 0.15) is 0 Å². The van der Waals surface area contributed by atoms with Gasteiger partial charge in [0.15, 0.2) is 0 Å². The van der Waals surface area contributed by atoms with Crippen LogP contribution in [0.1, 0.15) is 54.1 Å². The molecule has 1 saturated carbocycles. The zero-order valence-electron chi connectivity index (χ0n) is 17.8. The van der Waals surface area contributed by atoms with E-state index in [2.05, 4.69) is 18.3 Å². The maximum atomic E-state index is 13.0. The summed E-state index contributed by atoms with van der Waals surface area (Å²) in [6.07, 6.45) is 6.56. The van der Waals surface area contributed by atoms with Crippen molar-refractivity contribution in [3.63, 3.8) is 0 Å². The molecule has 0 spiro atoms. The van der Waals surface area contributed by atoms with Crippen LogP contribution in [0.15, 0.2) is 52.3 Å². The van der Waals surface area contributed by atoms with E-state index >= 15 is 0 Å². The first-order chi connectivity index (χ1) is 14.4. The molecular formula is C25H28N2O2S. The fourth-order valence-corrected chi connectivity index (χ4v) is 5.32. The van der Waals surface area contributed by atoms with Crippen molar-refractivity contribution in [3.05, 3.63) is 64.1 Å². The molecule has 156 valence electrons. The lowest BCUT2D eigenvalue weighted by molar-refractivity contribution is -0.114. The molecule has 0 unspecified atom stereocenters. The molecule has 30 heavy (non-hydrogen) atoms. The molecule has 2 aliphatic rings. The van der Waals surface area contributed by atoms with Crippen molar-refractivity contribution in [3.8, 4) is 0 Å². The second-order valence-electron chi connectivity index (χ2n) is 8.41. The summed E-state index contributed by atoms with van der Waals surface area (Å²) in [7, 11) is 1.77. The van der Waals surface area contributed by atoms with E-state index in [0.29, 0.717) is 16.4 Å². The first kappa shape index (κ1) is 20.7. The normalized spacial score (nSPS) is 22.7. The number of fused-ring (bicyclic) bond motifs is 1. The highest BCUT2D eigenvalue weighted by molar-refractivity contribution is 8.04. The Morgan fingerprint density at radius 3 is 2.73 bits per heavy atom. The Labute approximate surface area is 182 Å². The molecule has 4 nitrogen and oxygen atoms in total. The minimum atomic E-state index is -0.0523. The predicted octanol–water partition coefficient (Wildman–Crippen LogP) is 5.41. The molecule has 4 rings (SSSR count). The van der Waals surface area contributed by atoms with Crippen LogP contribution in [0.25, 0.3) is 6.08 Å². The van der Waals surface area contributed by atoms with Gasteiger partial charge in [0.05, 0.1) is 10.6 Å². The van der Waals surface area contributed by atoms with Crippen LogP contribution in [0, 0.1) is 12.8 Å². The van der Waals surface area contributed by atoms with Gasteiger partial charge >= 0.3 is 0 Å². The number of hydrogen-bond donors (Lipinski definition) is 1. The summed E-state index contributed by atoms with van der Waals surface area (Å²) >= 11 is 1.46. The van der Waals surface area contributed by atoms with Crippen LogP contribution in [0.3, 0.4) is 0 Å². The van der Waals surface area contributed by atoms with Crippen LogP contribution in [-0.2, 0) is 4.79 Å². The smallest absolute Gasteiger partial charge is 0.264 e. The third-order valence-corrected chi connectivity index (χ3v) is 7.16. The Morgan fingerprint density at radius 2 is 1.97 bits per heavy atom. The number of thioether (sulfide) groups is 1. The summed E-state index contributed by atoms with van der Waals surface area (Å²) in [5.74, 6) is 0.408. The average molecular weight is 421 g/mol. The Bertz CT molecular complexity index is 1010. The van der Waals surface area contributed by atoms with Crippen LogP contribution < -0.4 is 10.2 Å². The molecule has 1 fully saturated rings. The summed E-state index contributed by atoms with van der Waals surface area (Å²) < 4.78 is 0. The maximum Gasteiger partial charge on any atom is 0.264 e. The molecule has 2 atom stereocenters. The predicted molar refractivity (Wildman–Crippen MR) is 124 cm³/mol. The van der Waals surface area contributed by atoms with Gasteiger partial charge in [-0.25, -0.2) is 0 Å². The molecule has 1 N–H and O–H groups in total. The van der Waals surface area contributed by atoms with Gasteiger partial charge in [-0.2, -0.15) is 0 Å². The summed E-state index contributed by atoms with van der Waals surface area (Å²) in [6.45, 7) is 4.25. The largest absolute Gasteiger partial charge is 0.349 e. The summed E-state index contributed by atoms with van der Waals surface area (Å²) in [5, 5.41) is 3.20. The van der Waals surface area contributed by atoms with Crippen LogP contribution in [0.5, 0.6) is 0 Å². The Morgan fingerprint density at radius 1 is 1.17 bits per heavy atom. The standard InChI is InChI=1S/C25H28N2O2S/c1-16-7-6-9-18(13-16)14-23-25(29)27(3)21-15-19(11-12-22(21)30-23)24(28)26-20-10-5-4-8-17(20)2/h6-7,9,11-15,17,20H,4-5,8,10H2,1-3H3,(H,26,28)/b23-14-/t17-,20-/m1/s1. The number of rotatable bonds is 3. The lowest BCUT2D eigenvalue weighted by atomic mass is 9.86. The van der Waals surface area contributed by atoms with Gasteiger partial charge in [0.25, 0.3) is 11.8 Å². The number of nitrogens with one attached hydrogen (secondary N) is 1. The van der Waals surface area contributed by atoms with Crippen LogP contribution in [-0.4, -0.2) is 24.9 Å². The average Bonchev–Trinajstić information content (AvgIpc) is 2.73. The molecule has 2 aromatic carbocycles. The molecule has 0 saturated heterocycles. The monoisotopic (exact) mass is 420 g/mol. The highest BCUT2D eigenvalue weighted by Gasteiger charge is 2.28. The van der Waals surface area contributed by atoms with E-state index in [-0.39, 0.29) is 17.9 Å². The van der Waals surface area contributed by atoms with Gasteiger partial charge in [0, 0.05) is 23.5 Å². The highest BCUT2D eigenvalue weighted by atomic mass is 32.2. The number of carbonyl (C=O) groups is 2. The number of anilines is 1. The van der Waals surface area contributed by atoms with Gasteiger partial charge in [-0.1, -0.05) is 61.4 Å². The number of carbonyl (C=O) groups excluding carboxylic acids is 2. The van der Waals surface area contributed by atoms with Gasteiger partial charge < -0.3 is 10.2 Å². The number of hydrogen-bond acceptors (Lipinski definition) is 3. The second kappa shape index (κ2) is 8.68. The number of likely N-dealkylation sites (N-methyl/N-ethyl adjacent to an activating group) is 1. The van der Waals surface area contributed by atoms with Crippen molar-refractivity contribution >= 4 is 35.3 Å². The van der Waals surface area contributed by atoms with Crippen molar-refractivity contribution in [2.24, 2.45) is 5.92 Å². The van der Waals surface area contributed by atoms with Gasteiger partial charge in [-0.15, -0.1) is 0 Å². The van der Waals surface area contributed by atoms with Gasteiger partial charge in [-0.3, -0.25) is 9.59 Å². The topological polar surface area (TPSA) is 49.4 Å². The third-order valence-electron chi connectivity index (χ3n) is 6.09. The number of benzene rings is 2. The Kier molecular flexibility index (Phi) is 6.00. The molecule has 5 heteroatoms. The highest BCUT2D eigenvalue weighted by Crippen LogP contribution is 2.42. The zero-order chi connectivity index (χ0) is 21.3. The quantitative estimate of drug-likeness (QED) is 0.675. The van der Waals surface area contributed by atoms with Crippen molar-refractivity contribution in [2.45, 2.75) is 50.5 Å². The minimum absolute atomic E-state index is 0.0486. The summed E-state index contributed by atoms with van der Waals surface area (Å²) in [5.41, 5.74) is 3.57. The van der Waals surface area contributed by atoms with E-state index in [1.54, 1.807) is 11.9 Å². The van der Waals surface area contributed by atoms with Gasteiger partial charge in [-0.05, 0) is 55.5 Å². The fraction of sp³-hybridized carbons (Fsp3) is 0.360. The minimum Gasteiger partial charge on any atom is -0.349 e. The van der Waals surface area contributed by atoms with E-state index < -0.39 is 0 Å². The van der Waals surface area contributed by atoms with Crippen LogP contribution >= 0.6 is 11.8 Å². The van der Waals surface area contributed by atoms with E-state index in [1.165, 1.54) is 31.0 Å². The number of amides is 2. The van der Waals surface area contributed by atoms with Crippen LogP contribution in [0.2, 0.25) is 0 Å². The summed E-state index contributed by atoms with van der Waals surface area (Å²) in [6, 6.07) is 14.0. The van der Waals surface area contributed by atoms with Crippen molar-refractivity contribution in [1.29, 1.82) is 0 Å². The third kappa shape index (κ3) is 4.31. The molecule has 0 radical (unpaired) electrons. The molecule has 0 aromatic heterocycles. The second-order valence-corrected chi connectivity index (χ2v) is 9.50. The number of nitrogens with zero attached hydrogens (tertiary/aromatic N) is 1. The molecule has 1 aliphatic carbocycles. The molecule has 2 amide bonds. The lowest BCUT2D eigenvalue weighted by Gasteiger charge is -2.30. The Balaban J connectivity index is 1.56. The number of aryl methyl sites for hydroxylation is 1.